The minimum atomic E-state index is -0.754. The fraction of sp³-hybridized carbons (Fsp3) is 0.591. The van der Waals surface area contributed by atoms with Crippen LogP contribution in [0.2, 0.25) is 0 Å². The Hall–Kier alpha value is -2.57. The summed E-state index contributed by atoms with van der Waals surface area (Å²) in [6.07, 6.45) is 0.0359. The number of hydrogen-bond donors (Lipinski definition) is 1. The van der Waals surface area contributed by atoms with Crippen LogP contribution in [0.15, 0.2) is 24.3 Å². The quantitative estimate of drug-likeness (QED) is 0.763. The molecule has 0 saturated heterocycles. The van der Waals surface area contributed by atoms with E-state index >= 15 is 0 Å². The number of carbonyl (C=O) groups excluding carboxylic acids is 3. The lowest BCUT2D eigenvalue weighted by atomic mass is 9.90. The zero-order chi connectivity index (χ0) is 21.8. The van der Waals surface area contributed by atoms with Crippen molar-refractivity contribution in [2.75, 3.05) is 7.11 Å². The van der Waals surface area contributed by atoms with Gasteiger partial charge in [-0.2, -0.15) is 0 Å². The van der Waals surface area contributed by atoms with Gasteiger partial charge in [0.05, 0.1) is 13.5 Å². The number of esters is 1. The Kier molecular flexibility index (Phi) is 7.27. The molecule has 1 aromatic carbocycles. The van der Waals surface area contributed by atoms with E-state index in [1.807, 2.05) is 38.1 Å². The summed E-state index contributed by atoms with van der Waals surface area (Å²) in [4.78, 5) is 39.4. The number of nitrogens with one attached hydrogen (secondary N) is 1. The van der Waals surface area contributed by atoms with Crippen LogP contribution in [0, 0.1) is 5.92 Å². The number of rotatable bonds is 5. The van der Waals surface area contributed by atoms with Crippen LogP contribution >= 0.6 is 0 Å². The van der Waals surface area contributed by atoms with E-state index in [9.17, 15) is 14.4 Å². The highest BCUT2D eigenvalue weighted by Gasteiger charge is 2.37. The van der Waals surface area contributed by atoms with E-state index in [1.165, 1.54) is 7.11 Å². The van der Waals surface area contributed by atoms with Gasteiger partial charge < -0.3 is 19.7 Å². The van der Waals surface area contributed by atoms with E-state index in [4.69, 9.17) is 9.47 Å². The molecule has 0 unspecified atom stereocenters. The van der Waals surface area contributed by atoms with Gasteiger partial charge in [-0.1, -0.05) is 38.1 Å². The molecule has 2 amide bonds. The highest BCUT2D eigenvalue weighted by molar-refractivity contribution is 5.87. The second-order valence-electron chi connectivity index (χ2n) is 8.74. The Labute approximate surface area is 172 Å². The summed E-state index contributed by atoms with van der Waals surface area (Å²) in [5.74, 6) is -0.742. The first kappa shape index (κ1) is 22.7. The Balaban J connectivity index is 2.26. The van der Waals surface area contributed by atoms with Crippen molar-refractivity contribution < 1.29 is 23.9 Å². The van der Waals surface area contributed by atoms with Crippen molar-refractivity contribution in [2.45, 2.75) is 71.7 Å². The van der Waals surface area contributed by atoms with E-state index in [-0.39, 0.29) is 30.3 Å². The molecule has 2 atom stereocenters. The summed E-state index contributed by atoms with van der Waals surface area (Å²) < 4.78 is 10.2. The van der Waals surface area contributed by atoms with E-state index in [1.54, 1.807) is 25.7 Å². The van der Waals surface area contributed by atoms with E-state index in [0.29, 0.717) is 13.0 Å². The van der Waals surface area contributed by atoms with Crippen LogP contribution in [-0.2, 0) is 32.0 Å². The standard InChI is InChI=1S/C22H32N2O5/c1-14(2)19(23-21(27)29-22(3,4)5)20(26)24-13-16-10-8-7-9-15(16)11-17(24)12-18(25)28-6/h7-10,14,17,19H,11-13H2,1-6H3,(H,23,27)/t17-,19+/m1/s1. The average molecular weight is 405 g/mol. The van der Waals surface area contributed by atoms with Gasteiger partial charge >= 0.3 is 12.1 Å². The fourth-order valence-electron chi connectivity index (χ4n) is 3.43. The number of methoxy groups -OCH3 is 1. The van der Waals surface area contributed by atoms with Crippen molar-refractivity contribution in [3.8, 4) is 0 Å². The zero-order valence-corrected chi connectivity index (χ0v) is 18.2. The van der Waals surface area contributed by atoms with Gasteiger partial charge in [-0.05, 0) is 44.2 Å². The number of fused-ring (bicyclic) bond motifs is 1. The number of carbonyl (C=O) groups is 3. The van der Waals surface area contributed by atoms with Gasteiger partial charge in [0.2, 0.25) is 5.91 Å². The lowest BCUT2D eigenvalue weighted by Crippen LogP contribution is -2.56. The fourth-order valence-corrected chi connectivity index (χ4v) is 3.43. The normalized spacial score (nSPS) is 17.3. The smallest absolute Gasteiger partial charge is 0.408 e. The number of amides is 2. The molecular weight excluding hydrogens is 372 g/mol. The van der Waals surface area contributed by atoms with Crippen molar-refractivity contribution in [1.82, 2.24) is 10.2 Å². The number of ether oxygens (including phenoxy) is 2. The molecule has 160 valence electrons. The number of hydrogen-bond acceptors (Lipinski definition) is 5. The van der Waals surface area contributed by atoms with Crippen molar-refractivity contribution >= 4 is 18.0 Å². The summed E-state index contributed by atoms with van der Waals surface area (Å²) in [7, 11) is 1.34. The van der Waals surface area contributed by atoms with E-state index in [0.717, 1.165) is 11.1 Å². The monoisotopic (exact) mass is 404 g/mol. The van der Waals surface area contributed by atoms with E-state index < -0.39 is 17.7 Å². The zero-order valence-electron chi connectivity index (χ0n) is 18.2. The molecular formula is C22H32N2O5. The first-order valence-electron chi connectivity index (χ1n) is 9.95. The van der Waals surface area contributed by atoms with Gasteiger partial charge in [0, 0.05) is 12.6 Å². The molecule has 0 saturated carbocycles. The molecule has 0 fully saturated rings. The average Bonchev–Trinajstić information content (AvgIpc) is 2.63. The molecule has 1 aromatic rings. The summed E-state index contributed by atoms with van der Waals surface area (Å²) in [6.45, 7) is 9.43. The van der Waals surface area contributed by atoms with Crippen LogP contribution in [0.25, 0.3) is 0 Å². The number of benzene rings is 1. The van der Waals surface area contributed by atoms with Crippen LogP contribution in [0.4, 0.5) is 4.79 Å². The van der Waals surface area contributed by atoms with Gasteiger partial charge in [0.15, 0.2) is 0 Å². The highest BCUT2D eigenvalue weighted by atomic mass is 16.6. The van der Waals surface area contributed by atoms with Crippen LogP contribution in [0.1, 0.15) is 52.2 Å². The summed E-state index contributed by atoms with van der Waals surface area (Å²) in [5.41, 5.74) is 1.50. The highest BCUT2D eigenvalue weighted by Crippen LogP contribution is 2.27. The van der Waals surface area contributed by atoms with Crippen LogP contribution in [0.3, 0.4) is 0 Å². The first-order chi connectivity index (χ1) is 13.5. The Bertz CT molecular complexity index is 754. The predicted molar refractivity (Wildman–Crippen MR) is 109 cm³/mol. The summed E-state index contributed by atoms with van der Waals surface area (Å²) >= 11 is 0. The molecule has 7 heteroatoms. The van der Waals surface area contributed by atoms with Gasteiger partial charge in [-0.3, -0.25) is 9.59 Å². The molecule has 7 nitrogen and oxygen atoms in total. The molecule has 2 rings (SSSR count). The number of alkyl carbamates (subject to hydrolysis) is 1. The topological polar surface area (TPSA) is 84.9 Å². The maximum atomic E-state index is 13.4. The summed E-state index contributed by atoms with van der Waals surface area (Å²) in [6, 6.07) is 6.80. The number of nitrogens with zero attached hydrogens (tertiary/aromatic N) is 1. The second kappa shape index (κ2) is 9.29. The maximum absolute atomic E-state index is 13.4. The third kappa shape index (κ3) is 6.21. The Morgan fingerprint density at radius 2 is 1.79 bits per heavy atom. The lowest BCUT2D eigenvalue weighted by molar-refractivity contribution is -0.145. The lowest BCUT2D eigenvalue weighted by Gasteiger charge is -2.39. The molecule has 0 bridgehead atoms. The molecule has 0 spiro atoms. The van der Waals surface area contributed by atoms with Gasteiger partial charge in [0.1, 0.15) is 11.6 Å². The molecule has 0 aliphatic carbocycles. The first-order valence-corrected chi connectivity index (χ1v) is 9.95. The molecule has 1 heterocycles. The van der Waals surface area contributed by atoms with Crippen molar-refractivity contribution in [3.05, 3.63) is 35.4 Å². The van der Waals surface area contributed by atoms with Gasteiger partial charge in [-0.15, -0.1) is 0 Å². The summed E-state index contributed by atoms with van der Waals surface area (Å²) in [5, 5.41) is 2.71. The minimum Gasteiger partial charge on any atom is -0.469 e. The van der Waals surface area contributed by atoms with Crippen LogP contribution < -0.4 is 5.32 Å². The Morgan fingerprint density at radius 1 is 1.17 bits per heavy atom. The van der Waals surface area contributed by atoms with Gasteiger partial charge in [-0.25, -0.2) is 4.79 Å². The molecule has 0 aromatic heterocycles. The van der Waals surface area contributed by atoms with Crippen LogP contribution in [0.5, 0.6) is 0 Å². The molecule has 1 aliphatic heterocycles. The van der Waals surface area contributed by atoms with Gasteiger partial charge in [0.25, 0.3) is 0 Å². The minimum absolute atomic E-state index is 0.105. The predicted octanol–water partition coefficient (Wildman–Crippen LogP) is 3.05. The van der Waals surface area contributed by atoms with E-state index in [2.05, 4.69) is 5.32 Å². The second-order valence-corrected chi connectivity index (χ2v) is 8.74. The third-order valence-corrected chi connectivity index (χ3v) is 4.87. The molecule has 1 N–H and O–H groups in total. The molecule has 0 radical (unpaired) electrons. The molecule has 1 aliphatic rings. The maximum Gasteiger partial charge on any atom is 0.408 e. The largest absolute Gasteiger partial charge is 0.469 e. The molecule has 29 heavy (non-hydrogen) atoms. The van der Waals surface area contributed by atoms with Crippen molar-refractivity contribution in [2.24, 2.45) is 5.92 Å². The SMILES string of the molecule is COC(=O)C[C@H]1Cc2ccccc2CN1C(=O)[C@@H](NC(=O)OC(C)(C)C)C(C)C. The van der Waals surface area contributed by atoms with Crippen LogP contribution in [-0.4, -0.2) is 47.7 Å². The Morgan fingerprint density at radius 3 is 2.34 bits per heavy atom. The third-order valence-electron chi connectivity index (χ3n) is 4.87. The van der Waals surface area contributed by atoms with Crippen molar-refractivity contribution in [3.63, 3.8) is 0 Å². The van der Waals surface area contributed by atoms with Crippen molar-refractivity contribution in [1.29, 1.82) is 0 Å².